The van der Waals surface area contributed by atoms with Crippen molar-refractivity contribution in [3.8, 4) is 11.4 Å². The molecule has 1 aromatic carbocycles. The van der Waals surface area contributed by atoms with Crippen LogP contribution in [0.2, 0.25) is 0 Å². The molecule has 1 saturated carbocycles. The monoisotopic (exact) mass is 457 g/mol. The number of aryl methyl sites for hydroxylation is 2. The molecule has 1 aliphatic carbocycles. The van der Waals surface area contributed by atoms with Crippen LogP contribution in [0, 0.1) is 13.8 Å². The second-order valence-corrected chi connectivity index (χ2v) is 10.0. The lowest BCUT2D eigenvalue weighted by atomic mass is 9.95. The van der Waals surface area contributed by atoms with Crippen molar-refractivity contribution in [3.05, 3.63) is 45.1 Å². The molecule has 2 aromatic heterocycles. The Kier molecular flexibility index (Phi) is 6.67. The number of thioether (sulfide) groups is 1. The minimum atomic E-state index is -0.133. The van der Waals surface area contributed by atoms with E-state index in [1.54, 1.807) is 11.7 Å². The third kappa shape index (κ3) is 4.50. The molecule has 1 N–H and O–H groups in total. The van der Waals surface area contributed by atoms with Gasteiger partial charge in [-0.25, -0.2) is 4.98 Å². The van der Waals surface area contributed by atoms with Crippen LogP contribution in [0.4, 0.5) is 0 Å². The van der Waals surface area contributed by atoms with E-state index < -0.39 is 0 Å². The second-order valence-electron chi connectivity index (χ2n) is 7.86. The molecule has 164 valence electrons. The summed E-state index contributed by atoms with van der Waals surface area (Å²) < 4.78 is 7.09. The van der Waals surface area contributed by atoms with Gasteiger partial charge in [-0.2, -0.15) is 0 Å². The quantitative estimate of drug-likeness (QED) is 0.432. The number of carbonyl (C=O) groups is 1. The smallest absolute Gasteiger partial charge is 0.267 e. The average Bonchev–Trinajstić information content (AvgIpc) is 3.06. The Morgan fingerprint density at radius 3 is 2.74 bits per heavy atom. The van der Waals surface area contributed by atoms with E-state index >= 15 is 0 Å². The van der Waals surface area contributed by atoms with Crippen molar-refractivity contribution < 1.29 is 9.53 Å². The standard InChI is InChI=1S/C23H27N3O3S2/c1-14-15(2)31-21-20(14)22(28)26(17-11-7-8-12-18(17)29-3)23(25-21)30-13-19(27)24-16-9-5-4-6-10-16/h7-8,11-12,16H,4-6,9-10,13H2,1-3H3,(H,24,27). The molecular formula is C23H27N3O3S2. The zero-order valence-corrected chi connectivity index (χ0v) is 19.7. The number of fused-ring (bicyclic) bond motifs is 1. The zero-order valence-electron chi connectivity index (χ0n) is 18.1. The molecule has 0 aliphatic heterocycles. The molecular weight excluding hydrogens is 430 g/mol. The first-order chi connectivity index (χ1) is 15.0. The van der Waals surface area contributed by atoms with Gasteiger partial charge in [0.2, 0.25) is 5.91 Å². The second kappa shape index (κ2) is 9.44. The summed E-state index contributed by atoms with van der Waals surface area (Å²) in [5.41, 5.74) is 1.45. The molecule has 2 heterocycles. The number of hydrogen-bond donors (Lipinski definition) is 1. The fourth-order valence-electron chi connectivity index (χ4n) is 4.05. The highest BCUT2D eigenvalue weighted by Crippen LogP contribution is 2.31. The number of para-hydroxylation sites is 2. The van der Waals surface area contributed by atoms with Crippen LogP contribution in [0.3, 0.4) is 0 Å². The predicted molar refractivity (Wildman–Crippen MR) is 127 cm³/mol. The average molecular weight is 458 g/mol. The molecule has 3 aromatic rings. The fourth-order valence-corrected chi connectivity index (χ4v) is 5.93. The highest BCUT2D eigenvalue weighted by Gasteiger charge is 2.21. The molecule has 31 heavy (non-hydrogen) atoms. The van der Waals surface area contributed by atoms with Gasteiger partial charge in [0.1, 0.15) is 10.6 Å². The lowest BCUT2D eigenvalue weighted by Crippen LogP contribution is -2.37. The molecule has 8 heteroatoms. The molecule has 1 aliphatic rings. The van der Waals surface area contributed by atoms with Crippen molar-refractivity contribution in [2.45, 2.75) is 57.1 Å². The molecule has 0 atom stereocenters. The van der Waals surface area contributed by atoms with Gasteiger partial charge in [-0.1, -0.05) is 43.2 Å². The van der Waals surface area contributed by atoms with Crippen LogP contribution < -0.4 is 15.6 Å². The van der Waals surface area contributed by atoms with E-state index in [0.717, 1.165) is 23.3 Å². The van der Waals surface area contributed by atoms with Crippen molar-refractivity contribution >= 4 is 39.2 Å². The summed E-state index contributed by atoms with van der Waals surface area (Å²) in [7, 11) is 1.58. The topological polar surface area (TPSA) is 73.2 Å². The molecule has 1 fully saturated rings. The Balaban J connectivity index is 1.71. The fraction of sp³-hybridized carbons (Fsp3) is 0.435. The van der Waals surface area contributed by atoms with Gasteiger partial charge in [-0.05, 0) is 44.4 Å². The van der Waals surface area contributed by atoms with Crippen molar-refractivity contribution in [3.63, 3.8) is 0 Å². The summed E-state index contributed by atoms with van der Waals surface area (Å²) in [5, 5.41) is 4.27. The van der Waals surface area contributed by atoms with Crippen molar-refractivity contribution in [1.29, 1.82) is 0 Å². The third-order valence-corrected chi connectivity index (χ3v) is 7.84. The number of ether oxygens (including phenoxy) is 1. The maximum Gasteiger partial charge on any atom is 0.267 e. The Hall–Kier alpha value is -2.32. The van der Waals surface area contributed by atoms with Crippen LogP contribution >= 0.6 is 23.1 Å². The summed E-state index contributed by atoms with van der Waals surface area (Å²) in [4.78, 5) is 32.7. The number of nitrogens with zero attached hydrogens (tertiary/aromatic N) is 2. The first-order valence-electron chi connectivity index (χ1n) is 10.6. The highest BCUT2D eigenvalue weighted by molar-refractivity contribution is 7.99. The number of benzene rings is 1. The van der Waals surface area contributed by atoms with Crippen LogP contribution in [0.1, 0.15) is 42.5 Å². The van der Waals surface area contributed by atoms with Crippen molar-refractivity contribution in [1.82, 2.24) is 14.9 Å². The molecule has 4 rings (SSSR count). The highest BCUT2D eigenvalue weighted by atomic mass is 32.2. The van der Waals surface area contributed by atoms with Crippen LogP contribution in [0.5, 0.6) is 5.75 Å². The van der Waals surface area contributed by atoms with Crippen LogP contribution in [0.15, 0.2) is 34.2 Å². The lowest BCUT2D eigenvalue weighted by Gasteiger charge is -2.22. The number of amides is 1. The normalized spacial score (nSPS) is 14.7. The van der Waals surface area contributed by atoms with Gasteiger partial charge in [0, 0.05) is 10.9 Å². The van der Waals surface area contributed by atoms with Crippen LogP contribution in [0.25, 0.3) is 15.9 Å². The SMILES string of the molecule is COc1ccccc1-n1c(SCC(=O)NC2CCCCC2)nc2sc(C)c(C)c2c1=O. The Labute approximate surface area is 190 Å². The van der Waals surface area contributed by atoms with E-state index in [0.29, 0.717) is 26.8 Å². The molecule has 6 nitrogen and oxygen atoms in total. The van der Waals surface area contributed by atoms with Gasteiger partial charge in [0.05, 0.1) is 23.9 Å². The van der Waals surface area contributed by atoms with Gasteiger partial charge < -0.3 is 10.1 Å². The Morgan fingerprint density at radius 2 is 2.00 bits per heavy atom. The van der Waals surface area contributed by atoms with Crippen molar-refractivity contribution in [2.75, 3.05) is 12.9 Å². The largest absolute Gasteiger partial charge is 0.495 e. The summed E-state index contributed by atoms with van der Waals surface area (Å²) in [6.07, 6.45) is 5.66. The summed E-state index contributed by atoms with van der Waals surface area (Å²) in [5.74, 6) is 0.785. The van der Waals surface area contributed by atoms with E-state index in [4.69, 9.17) is 9.72 Å². The first kappa shape index (κ1) is 21.9. The number of hydrogen-bond acceptors (Lipinski definition) is 6. The predicted octanol–water partition coefficient (Wildman–Crippen LogP) is 4.61. The first-order valence-corrected chi connectivity index (χ1v) is 12.4. The van der Waals surface area contributed by atoms with Gasteiger partial charge in [0.15, 0.2) is 5.16 Å². The van der Waals surface area contributed by atoms with Gasteiger partial charge in [-0.15, -0.1) is 11.3 Å². The number of thiophene rings is 1. The summed E-state index contributed by atoms with van der Waals surface area (Å²) in [6.45, 7) is 3.95. The number of nitrogens with one attached hydrogen (secondary N) is 1. The molecule has 0 spiro atoms. The molecule has 0 saturated heterocycles. The van der Waals surface area contributed by atoms with Crippen LogP contribution in [-0.4, -0.2) is 34.4 Å². The lowest BCUT2D eigenvalue weighted by molar-refractivity contribution is -0.119. The van der Waals surface area contributed by atoms with E-state index in [1.165, 1.54) is 42.4 Å². The van der Waals surface area contributed by atoms with E-state index in [1.807, 2.05) is 38.1 Å². The van der Waals surface area contributed by atoms with Gasteiger partial charge >= 0.3 is 0 Å². The third-order valence-electron chi connectivity index (χ3n) is 5.80. The number of rotatable bonds is 6. The summed E-state index contributed by atoms with van der Waals surface area (Å²) in [6, 6.07) is 7.65. The maximum absolute atomic E-state index is 13.6. The number of methoxy groups -OCH3 is 1. The minimum absolute atomic E-state index is 0.0173. The zero-order chi connectivity index (χ0) is 22.0. The Morgan fingerprint density at radius 1 is 1.26 bits per heavy atom. The molecule has 0 radical (unpaired) electrons. The summed E-state index contributed by atoms with van der Waals surface area (Å²) >= 11 is 2.81. The minimum Gasteiger partial charge on any atom is -0.495 e. The van der Waals surface area contributed by atoms with E-state index in [-0.39, 0.29) is 23.3 Å². The molecule has 0 bridgehead atoms. The molecule has 1 amide bonds. The number of aromatic nitrogens is 2. The molecule has 0 unspecified atom stereocenters. The van der Waals surface area contributed by atoms with E-state index in [9.17, 15) is 9.59 Å². The maximum atomic E-state index is 13.6. The number of carbonyl (C=O) groups excluding carboxylic acids is 1. The van der Waals surface area contributed by atoms with Gasteiger partial charge in [-0.3, -0.25) is 14.2 Å². The van der Waals surface area contributed by atoms with Crippen molar-refractivity contribution in [2.24, 2.45) is 0 Å². The Bertz CT molecular complexity index is 1160. The van der Waals surface area contributed by atoms with Gasteiger partial charge in [0.25, 0.3) is 5.56 Å². The van der Waals surface area contributed by atoms with Crippen LogP contribution in [-0.2, 0) is 4.79 Å². The van der Waals surface area contributed by atoms with E-state index in [2.05, 4.69) is 5.32 Å².